The van der Waals surface area contributed by atoms with Gasteiger partial charge < -0.3 is 15.4 Å². The second-order valence-corrected chi connectivity index (χ2v) is 7.21. The molecule has 0 saturated heterocycles. The van der Waals surface area contributed by atoms with Crippen LogP contribution in [0.3, 0.4) is 0 Å². The van der Waals surface area contributed by atoms with Crippen molar-refractivity contribution in [1.29, 1.82) is 0 Å². The minimum Gasteiger partial charge on any atom is -0.497 e. The molecule has 0 aromatic heterocycles. The Morgan fingerprint density at radius 1 is 1.25 bits per heavy atom. The molecule has 2 N–H and O–H groups in total. The molecule has 0 heterocycles. The number of benzene rings is 1. The lowest BCUT2D eigenvalue weighted by Crippen LogP contribution is -2.47. The van der Waals surface area contributed by atoms with Crippen molar-refractivity contribution in [2.24, 2.45) is 10.9 Å². The largest absolute Gasteiger partial charge is 0.497 e. The summed E-state index contributed by atoms with van der Waals surface area (Å²) in [4.78, 5) is 4.16. The fourth-order valence-electron chi connectivity index (χ4n) is 3.51. The van der Waals surface area contributed by atoms with Crippen LogP contribution in [0.1, 0.15) is 50.5 Å². The normalized spacial score (nSPS) is 21.4. The topological polar surface area (TPSA) is 45.7 Å². The summed E-state index contributed by atoms with van der Waals surface area (Å²) in [6, 6.07) is 7.81. The summed E-state index contributed by atoms with van der Waals surface area (Å²) < 4.78 is 44.0. The number of nitrogens with one attached hydrogen (secondary N) is 2. The number of ether oxygens (including phenoxy) is 1. The van der Waals surface area contributed by atoms with Crippen molar-refractivity contribution in [2.75, 3.05) is 20.7 Å². The molecule has 2 rings (SSSR count). The third-order valence-electron chi connectivity index (χ3n) is 5.26. The van der Waals surface area contributed by atoms with Crippen molar-refractivity contribution < 1.29 is 17.9 Å². The monoisotopic (exact) mass is 513 g/mol. The van der Waals surface area contributed by atoms with Crippen molar-refractivity contribution in [3.63, 3.8) is 0 Å². The Balaban J connectivity index is 0.00000392. The Hall–Kier alpha value is -1.19. The second kappa shape index (κ2) is 11.7. The molecule has 3 atom stereocenters. The number of aliphatic imine (C=N–C) groups is 1. The van der Waals surface area contributed by atoms with Gasteiger partial charge in [0, 0.05) is 19.6 Å². The molecule has 28 heavy (non-hydrogen) atoms. The number of rotatable bonds is 6. The van der Waals surface area contributed by atoms with Crippen molar-refractivity contribution in [1.82, 2.24) is 10.6 Å². The Bertz CT molecular complexity index is 608. The first-order chi connectivity index (χ1) is 12.8. The van der Waals surface area contributed by atoms with Gasteiger partial charge in [-0.3, -0.25) is 4.99 Å². The Morgan fingerprint density at radius 3 is 2.50 bits per heavy atom. The Morgan fingerprint density at radius 2 is 1.93 bits per heavy atom. The first-order valence-electron chi connectivity index (χ1n) is 9.51. The predicted molar refractivity (Wildman–Crippen MR) is 118 cm³/mol. The van der Waals surface area contributed by atoms with E-state index < -0.39 is 12.1 Å². The number of guanidine groups is 1. The van der Waals surface area contributed by atoms with Crippen molar-refractivity contribution in [2.45, 2.75) is 57.2 Å². The van der Waals surface area contributed by atoms with E-state index in [1.54, 1.807) is 14.2 Å². The molecule has 1 aromatic rings. The van der Waals surface area contributed by atoms with E-state index in [4.69, 9.17) is 4.74 Å². The molecule has 0 aliphatic heterocycles. The number of hydrogen-bond donors (Lipinski definition) is 2. The summed E-state index contributed by atoms with van der Waals surface area (Å²) in [7, 11) is 3.29. The molecular formula is C20H31F3IN3O. The molecule has 0 bridgehead atoms. The summed E-state index contributed by atoms with van der Waals surface area (Å²) in [6.45, 7) is 2.84. The first kappa shape index (κ1) is 24.8. The molecule has 1 saturated carbocycles. The molecule has 0 spiro atoms. The maximum absolute atomic E-state index is 13.0. The highest BCUT2D eigenvalue weighted by Crippen LogP contribution is 2.37. The maximum atomic E-state index is 13.0. The van der Waals surface area contributed by atoms with Gasteiger partial charge >= 0.3 is 6.18 Å². The van der Waals surface area contributed by atoms with Crippen molar-refractivity contribution in [3.8, 4) is 5.75 Å². The Labute approximate surface area is 182 Å². The van der Waals surface area contributed by atoms with E-state index in [1.807, 2.05) is 12.1 Å². The molecule has 1 aliphatic rings. The van der Waals surface area contributed by atoms with Gasteiger partial charge in [-0.15, -0.1) is 24.0 Å². The zero-order valence-corrected chi connectivity index (χ0v) is 19.0. The van der Waals surface area contributed by atoms with E-state index in [9.17, 15) is 13.2 Å². The van der Waals surface area contributed by atoms with Gasteiger partial charge in [-0.1, -0.05) is 25.5 Å². The van der Waals surface area contributed by atoms with E-state index in [0.717, 1.165) is 18.6 Å². The minimum atomic E-state index is -4.11. The quantitative estimate of drug-likeness (QED) is 0.317. The fraction of sp³-hybridized carbons (Fsp3) is 0.650. The summed E-state index contributed by atoms with van der Waals surface area (Å²) in [5.74, 6) is 0.547. The third kappa shape index (κ3) is 7.67. The highest BCUT2D eigenvalue weighted by atomic mass is 127. The van der Waals surface area contributed by atoms with Crippen LogP contribution in [0.5, 0.6) is 5.75 Å². The lowest BCUT2D eigenvalue weighted by atomic mass is 9.85. The van der Waals surface area contributed by atoms with Gasteiger partial charge in [-0.2, -0.15) is 13.2 Å². The lowest BCUT2D eigenvalue weighted by Gasteiger charge is -2.32. The molecule has 8 heteroatoms. The summed E-state index contributed by atoms with van der Waals surface area (Å²) in [5, 5.41) is 6.39. The van der Waals surface area contributed by atoms with Gasteiger partial charge in [-0.05, 0) is 49.3 Å². The van der Waals surface area contributed by atoms with Gasteiger partial charge in [0.15, 0.2) is 5.96 Å². The third-order valence-corrected chi connectivity index (χ3v) is 5.26. The Kier molecular flexibility index (Phi) is 10.4. The molecule has 3 unspecified atom stereocenters. The van der Waals surface area contributed by atoms with Gasteiger partial charge in [0.2, 0.25) is 0 Å². The number of halogens is 4. The van der Waals surface area contributed by atoms with Crippen LogP contribution in [0.25, 0.3) is 0 Å². The van der Waals surface area contributed by atoms with Crippen LogP contribution in [0.4, 0.5) is 13.2 Å². The standard InChI is InChI=1S/C20H30F3N3O.HI/c1-14(15-7-9-18(27-3)10-8-15)11-12-25-19(24-2)26-17-6-4-5-16(13-17)20(21,22)23;/h7-10,14,16-17H,4-6,11-13H2,1-3H3,(H2,24,25,26);1H. The number of hydrogen-bond acceptors (Lipinski definition) is 2. The molecule has 1 aliphatic carbocycles. The minimum absolute atomic E-state index is 0. The van der Waals surface area contributed by atoms with E-state index in [1.165, 1.54) is 5.56 Å². The first-order valence-corrected chi connectivity index (χ1v) is 9.51. The number of methoxy groups -OCH3 is 1. The maximum Gasteiger partial charge on any atom is 0.391 e. The molecule has 1 fully saturated rings. The average molecular weight is 513 g/mol. The highest BCUT2D eigenvalue weighted by Gasteiger charge is 2.42. The van der Waals surface area contributed by atoms with Crippen LogP contribution < -0.4 is 15.4 Å². The van der Waals surface area contributed by atoms with E-state index in [0.29, 0.717) is 24.8 Å². The summed E-state index contributed by atoms with van der Waals surface area (Å²) in [6.07, 6.45) is -1.53. The van der Waals surface area contributed by atoms with Gasteiger partial charge in [0.25, 0.3) is 0 Å². The summed E-state index contributed by atoms with van der Waals surface area (Å²) in [5.41, 5.74) is 1.22. The van der Waals surface area contributed by atoms with Crippen LogP contribution in [-0.4, -0.2) is 38.9 Å². The predicted octanol–water partition coefficient (Wildman–Crippen LogP) is 5.09. The smallest absolute Gasteiger partial charge is 0.391 e. The number of nitrogens with zero attached hydrogens (tertiary/aromatic N) is 1. The van der Waals surface area contributed by atoms with Crippen LogP contribution >= 0.6 is 24.0 Å². The molecule has 0 radical (unpaired) electrons. The van der Waals surface area contributed by atoms with E-state index in [-0.39, 0.29) is 42.9 Å². The van der Waals surface area contributed by atoms with Gasteiger partial charge in [0.1, 0.15) is 5.75 Å². The SMILES string of the molecule is CN=C(NCCC(C)c1ccc(OC)cc1)NC1CCCC(C(F)(F)F)C1.I. The van der Waals surface area contributed by atoms with Crippen LogP contribution in [0.15, 0.2) is 29.3 Å². The van der Waals surface area contributed by atoms with E-state index in [2.05, 4.69) is 34.7 Å². The van der Waals surface area contributed by atoms with Gasteiger partial charge in [-0.25, -0.2) is 0 Å². The summed E-state index contributed by atoms with van der Waals surface area (Å²) >= 11 is 0. The molecule has 4 nitrogen and oxygen atoms in total. The van der Waals surface area contributed by atoms with Crippen LogP contribution in [0, 0.1) is 5.92 Å². The van der Waals surface area contributed by atoms with Crippen molar-refractivity contribution >= 4 is 29.9 Å². The zero-order chi connectivity index (χ0) is 19.9. The number of alkyl halides is 3. The zero-order valence-electron chi connectivity index (χ0n) is 16.7. The van der Waals surface area contributed by atoms with Crippen LogP contribution in [0.2, 0.25) is 0 Å². The van der Waals surface area contributed by atoms with E-state index >= 15 is 0 Å². The van der Waals surface area contributed by atoms with Crippen LogP contribution in [-0.2, 0) is 0 Å². The second-order valence-electron chi connectivity index (χ2n) is 7.21. The molecule has 160 valence electrons. The van der Waals surface area contributed by atoms with Gasteiger partial charge in [0.05, 0.1) is 13.0 Å². The highest BCUT2D eigenvalue weighted by molar-refractivity contribution is 14.0. The molecular weight excluding hydrogens is 482 g/mol. The lowest BCUT2D eigenvalue weighted by molar-refractivity contribution is -0.183. The van der Waals surface area contributed by atoms with Crippen molar-refractivity contribution in [3.05, 3.63) is 29.8 Å². The average Bonchev–Trinajstić information content (AvgIpc) is 2.66. The molecule has 1 aromatic carbocycles. The fourth-order valence-corrected chi connectivity index (χ4v) is 3.51. The molecule has 0 amide bonds.